The van der Waals surface area contributed by atoms with E-state index in [0.717, 1.165) is 42.3 Å². The molecule has 1 aromatic heterocycles. The van der Waals surface area contributed by atoms with Gasteiger partial charge >= 0.3 is 0 Å². The van der Waals surface area contributed by atoms with Crippen molar-refractivity contribution in [3.63, 3.8) is 0 Å². The van der Waals surface area contributed by atoms with Gasteiger partial charge < -0.3 is 9.88 Å². The Balaban J connectivity index is 2.00. The number of benzene rings is 1. The fourth-order valence-electron chi connectivity index (χ4n) is 3.44. The molecule has 0 saturated carbocycles. The first-order valence-electron chi connectivity index (χ1n) is 7.69. The highest BCUT2D eigenvalue weighted by molar-refractivity contribution is 6.31. The van der Waals surface area contributed by atoms with Crippen molar-refractivity contribution >= 4 is 22.5 Å². The first-order chi connectivity index (χ1) is 10.0. The van der Waals surface area contributed by atoms with Crippen molar-refractivity contribution in [2.24, 2.45) is 5.92 Å². The van der Waals surface area contributed by atoms with Crippen molar-refractivity contribution in [2.75, 3.05) is 13.1 Å². The zero-order valence-electron chi connectivity index (χ0n) is 12.6. The Bertz CT molecular complexity index is 723. The number of nitrogens with one attached hydrogen (secondary N) is 2. The normalized spacial score (nSPS) is 22.6. The van der Waals surface area contributed by atoms with Crippen LogP contribution in [0.1, 0.15) is 31.0 Å². The predicted molar refractivity (Wildman–Crippen MR) is 87.1 cm³/mol. The van der Waals surface area contributed by atoms with Crippen LogP contribution in [0.3, 0.4) is 0 Å². The second kappa shape index (κ2) is 5.82. The van der Waals surface area contributed by atoms with Crippen LogP contribution in [0.2, 0.25) is 5.02 Å². The molecule has 2 aromatic rings. The maximum absolute atomic E-state index is 12.8. The molecule has 1 aromatic carbocycles. The minimum atomic E-state index is 0.134. The molecule has 112 valence electrons. The third-order valence-electron chi connectivity index (χ3n) is 4.57. The predicted octanol–water partition coefficient (Wildman–Crippen LogP) is 2.30. The van der Waals surface area contributed by atoms with Gasteiger partial charge in [-0.25, -0.2) is 0 Å². The Hall–Kier alpha value is -1.32. The molecule has 4 heteroatoms. The number of H-pyrrole nitrogens is 1. The van der Waals surface area contributed by atoms with Gasteiger partial charge in [0.25, 0.3) is 0 Å². The number of rotatable bonds is 2. The third-order valence-corrected chi connectivity index (χ3v) is 4.80. The molecule has 2 N–H and O–H groups in total. The van der Waals surface area contributed by atoms with Gasteiger partial charge in [0, 0.05) is 27.5 Å². The summed E-state index contributed by atoms with van der Waals surface area (Å²) in [4.78, 5) is 17.6. The summed E-state index contributed by atoms with van der Waals surface area (Å²) in [6.45, 7) is 7.44. The molecule has 0 radical (unpaired) electrons. The van der Waals surface area contributed by atoms with E-state index in [4.69, 9.17) is 11.6 Å². The second-order valence-electron chi connectivity index (χ2n) is 6.38. The lowest BCUT2D eigenvalue weighted by Gasteiger charge is -2.28. The van der Waals surface area contributed by atoms with E-state index in [1.807, 2.05) is 19.1 Å². The second-order valence-corrected chi connectivity index (χ2v) is 6.81. The third kappa shape index (κ3) is 2.99. The molecular formula is C17H22ClN2O+. The average Bonchev–Trinajstić information content (AvgIpc) is 2.45. The lowest BCUT2D eigenvalue weighted by molar-refractivity contribution is -0.922. The quantitative estimate of drug-likeness (QED) is 0.878. The van der Waals surface area contributed by atoms with E-state index in [-0.39, 0.29) is 5.43 Å². The fraction of sp³-hybridized carbons (Fsp3) is 0.471. The fourth-order valence-corrected chi connectivity index (χ4v) is 3.62. The van der Waals surface area contributed by atoms with E-state index >= 15 is 0 Å². The number of likely N-dealkylation sites (tertiary alicyclic amines) is 1. The summed E-state index contributed by atoms with van der Waals surface area (Å²) < 4.78 is 0. The lowest BCUT2D eigenvalue weighted by Crippen LogP contribution is -3.12. The van der Waals surface area contributed by atoms with Gasteiger partial charge in [-0.2, -0.15) is 0 Å². The smallest absolute Gasteiger partial charge is 0.198 e. The molecule has 1 aliphatic heterocycles. The van der Waals surface area contributed by atoms with Crippen LogP contribution in [-0.4, -0.2) is 18.1 Å². The van der Waals surface area contributed by atoms with E-state index in [9.17, 15) is 4.79 Å². The topological polar surface area (TPSA) is 37.3 Å². The van der Waals surface area contributed by atoms with Crippen LogP contribution in [0.25, 0.3) is 10.9 Å². The molecule has 2 heterocycles. The number of hydrogen-bond acceptors (Lipinski definition) is 1. The van der Waals surface area contributed by atoms with Gasteiger partial charge in [0.05, 0.1) is 18.7 Å². The molecule has 0 bridgehead atoms. The first kappa shape index (κ1) is 14.6. The summed E-state index contributed by atoms with van der Waals surface area (Å²) in [6.07, 6.45) is 2.57. The highest BCUT2D eigenvalue weighted by atomic mass is 35.5. The zero-order chi connectivity index (χ0) is 15.0. The number of halogens is 1. The molecule has 0 amide bonds. The van der Waals surface area contributed by atoms with Gasteiger partial charge in [-0.3, -0.25) is 4.79 Å². The Kier molecular flexibility index (Phi) is 4.05. The molecule has 3 nitrogen and oxygen atoms in total. The Labute approximate surface area is 129 Å². The van der Waals surface area contributed by atoms with Crippen LogP contribution >= 0.6 is 11.6 Å². The summed E-state index contributed by atoms with van der Waals surface area (Å²) in [6, 6.07) is 5.47. The van der Waals surface area contributed by atoms with Gasteiger partial charge in [0.1, 0.15) is 6.54 Å². The number of aromatic amines is 1. The number of quaternary nitrogens is 1. The molecule has 0 aliphatic carbocycles. The molecule has 1 fully saturated rings. The molecule has 2 atom stereocenters. The number of aryl methyl sites for hydroxylation is 1. The van der Waals surface area contributed by atoms with Crippen molar-refractivity contribution in [1.29, 1.82) is 0 Å². The highest BCUT2D eigenvalue weighted by Gasteiger charge is 2.22. The molecule has 21 heavy (non-hydrogen) atoms. The zero-order valence-corrected chi connectivity index (χ0v) is 13.4. The van der Waals surface area contributed by atoms with Gasteiger partial charge in [0.15, 0.2) is 5.43 Å². The largest absolute Gasteiger partial charge is 0.358 e. The minimum absolute atomic E-state index is 0.134. The SMILES string of the molecule is Cc1[nH]c2ccc(Cl)cc2c(=O)c1C[NH+]1CCC[C@H](C)C1. The van der Waals surface area contributed by atoms with Crippen LogP contribution in [0.4, 0.5) is 0 Å². The van der Waals surface area contributed by atoms with Gasteiger partial charge in [-0.1, -0.05) is 18.5 Å². The van der Waals surface area contributed by atoms with Crippen LogP contribution < -0.4 is 10.3 Å². The average molecular weight is 306 g/mol. The van der Waals surface area contributed by atoms with E-state index in [1.54, 1.807) is 6.07 Å². The summed E-state index contributed by atoms with van der Waals surface area (Å²) in [5.41, 5.74) is 2.90. The molecule has 3 rings (SSSR count). The van der Waals surface area contributed by atoms with E-state index < -0.39 is 0 Å². The number of aromatic nitrogens is 1. The molecule has 1 saturated heterocycles. The van der Waals surface area contributed by atoms with Crippen LogP contribution in [0.5, 0.6) is 0 Å². The van der Waals surface area contributed by atoms with E-state index in [0.29, 0.717) is 10.4 Å². The van der Waals surface area contributed by atoms with Crippen molar-refractivity contribution in [3.8, 4) is 0 Å². The first-order valence-corrected chi connectivity index (χ1v) is 8.07. The van der Waals surface area contributed by atoms with Crippen LogP contribution in [-0.2, 0) is 6.54 Å². The number of fused-ring (bicyclic) bond motifs is 1. The van der Waals surface area contributed by atoms with Crippen molar-refractivity contribution in [2.45, 2.75) is 33.2 Å². The van der Waals surface area contributed by atoms with E-state index in [1.165, 1.54) is 17.7 Å². The maximum Gasteiger partial charge on any atom is 0.198 e. The molecule has 1 aliphatic rings. The summed E-state index contributed by atoms with van der Waals surface area (Å²) in [5.74, 6) is 0.753. The maximum atomic E-state index is 12.8. The van der Waals surface area contributed by atoms with Crippen LogP contribution in [0.15, 0.2) is 23.0 Å². The Morgan fingerprint density at radius 2 is 2.24 bits per heavy atom. The Morgan fingerprint density at radius 3 is 3.00 bits per heavy atom. The number of hydrogen-bond donors (Lipinski definition) is 2. The van der Waals surface area contributed by atoms with E-state index in [2.05, 4.69) is 11.9 Å². The minimum Gasteiger partial charge on any atom is -0.358 e. The molecule has 1 unspecified atom stereocenters. The standard InChI is InChI=1S/C17H21ClN2O/c1-11-4-3-7-20(9-11)10-15-12(2)19-16-6-5-13(18)8-14(16)17(15)21/h5-6,8,11H,3-4,7,9-10H2,1-2H3,(H,19,21)/p+1/t11-/m0/s1. The lowest BCUT2D eigenvalue weighted by atomic mass is 9.99. The molecule has 0 spiro atoms. The van der Waals surface area contributed by atoms with Crippen molar-refractivity contribution in [3.05, 3.63) is 44.7 Å². The van der Waals surface area contributed by atoms with Crippen molar-refractivity contribution < 1.29 is 4.90 Å². The highest BCUT2D eigenvalue weighted by Crippen LogP contribution is 2.16. The number of pyridine rings is 1. The Morgan fingerprint density at radius 1 is 1.43 bits per heavy atom. The van der Waals surface area contributed by atoms with Gasteiger partial charge in [-0.05, 0) is 38.0 Å². The van der Waals surface area contributed by atoms with Gasteiger partial charge in [-0.15, -0.1) is 0 Å². The molecular weight excluding hydrogens is 284 g/mol. The summed E-state index contributed by atoms with van der Waals surface area (Å²) in [7, 11) is 0. The monoisotopic (exact) mass is 305 g/mol. The number of piperidine rings is 1. The van der Waals surface area contributed by atoms with Crippen molar-refractivity contribution in [1.82, 2.24) is 4.98 Å². The summed E-state index contributed by atoms with van der Waals surface area (Å²) in [5, 5.41) is 1.31. The van der Waals surface area contributed by atoms with Gasteiger partial charge in [0.2, 0.25) is 0 Å². The van der Waals surface area contributed by atoms with Crippen LogP contribution in [0, 0.1) is 12.8 Å². The summed E-state index contributed by atoms with van der Waals surface area (Å²) >= 11 is 6.04.